The summed E-state index contributed by atoms with van der Waals surface area (Å²) in [7, 11) is 0. The molecule has 0 aromatic heterocycles. The van der Waals surface area contributed by atoms with Crippen molar-refractivity contribution in [2.45, 2.75) is 83.6 Å². The van der Waals surface area contributed by atoms with Crippen LogP contribution in [0.5, 0.6) is 0 Å². The van der Waals surface area contributed by atoms with Gasteiger partial charge in [-0.05, 0) is 20.8 Å². The fraction of sp³-hybridized carbons (Fsp3) is 0.654. The Morgan fingerprint density at radius 1 is 0.660 bits per heavy atom. The van der Waals surface area contributed by atoms with Gasteiger partial charge in [0.15, 0.2) is 0 Å². The number of halogens is 15. The number of alkyl halides is 15. The van der Waals surface area contributed by atoms with Crippen LogP contribution in [0.15, 0.2) is 24.3 Å². The summed E-state index contributed by atoms with van der Waals surface area (Å²) in [5, 5.41) is 15.5. The fourth-order valence-electron chi connectivity index (χ4n) is 3.60. The monoisotopic (exact) mass is 816 g/mol. The van der Waals surface area contributed by atoms with Gasteiger partial charge in [-0.2, -0.15) is 65.9 Å². The van der Waals surface area contributed by atoms with E-state index in [1.807, 2.05) is 0 Å². The predicted octanol–water partition coefficient (Wildman–Crippen LogP) is 5.78. The SMILES string of the molecule is C.C.C=C1COC(C(F)(F)F)(C(F)(F)F)N(CC(=O)O)C1=O.C=C1COC(C(F)(F)F)(C(F)(F)F)N(CC(=O)OC(C)(C)C)C1=O.O=C(O)C(F)(F)F. The van der Waals surface area contributed by atoms with Crippen molar-refractivity contribution in [2.24, 2.45) is 0 Å². The summed E-state index contributed by atoms with van der Waals surface area (Å²) < 4.78 is 200. The van der Waals surface area contributed by atoms with Gasteiger partial charge in [-0.15, -0.1) is 0 Å². The molecule has 2 saturated heterocycles. The van der Waals surface area contributed by atoms with E-state index in [0.29, 0.717) is 0 Å². The lowest BCUT2D eigenvalue weighted by Gasteiger charge is -2.47. The second-order valence-electron chi connectivity index (χ2n) is 10.6. The molecule has 0 radical (unpaired) electrons. The molecule has 2 aliphatic heterocycles. The molecule has 0 saturated carbocycles. The van der Waals surface area contributed by atoms with Crippen molar-refractivity contribution in [3.05, 3.63) is 24.3 Å². The quantitative estimate of drug-likeness (QED) is 0.203. The molecule has 27 heteroatoms. The molecule has 310 valence electrons. The summed E-state index contributed by atoms with van der Waals surface area (Å²) >= 11 is 0. The van der Waals surface area contributed by atoms with E-state index in [1.165, 1.54) is 20.8 Å². The maximum absolute atomic E-state index is 13.2. The van der Waals surface area contributed by atoms with E-state index in [2.05, 4.69) is 27.4 Å². The highest BCUT2D eigenvalue weighted by Crippen LogP contribution is 2.51. The average Bonchev–Trinajstić information content (AvgIpc) is 2.85. The zero-order chi connectivity index (χ0) is 41.1. The minimum atomic E-state index is -6.07. The molecule has 0 aromatic carbocycles. The lowest BCUT2D eigenvalue weighted by molar-refractivity contribution is -0.423. The average molecular weight is 817 g/mol. The first-order valence-electron chi connectivity index (χ1n) is 12.6. The van der Waals surface area contributed by atoms with Crippen LogP contribution >= 0.6 is 0 Å². The van der Waals surface area contributed by atoms with Crippen LogP contribution in [0.2, 0.25) is 0 Å². The number of amides is 2. The molecule has 0 aliphatic carbocycles. The maximum atomic E-state index is 13.2. The fourth-order valence-corrected chi connectivity index (χ4v) is 3.60. The van der Waals surface area contributed by atoms with Gasteiger partial charge < -0.3 is 24.4 Å². The van der Waals surface area contributed by atoms with Gasteiger partial charge in [0.2, 0.25) is 0 Å². The number of hydrogen-bond donors (Lipinski definition) is 2. The van der Waals surface area contributed by atoms with Crippen molar-refractivity contribution in [1.29, 1.82) is 0 Å². The number of hydrogen-bond acceptors (Lipinski definition) is 8. The minimum Gasteiger partial charge on any atom is -0.480 e. The number of carboxylic acids is 2. The molecule has 12 nitrogen and oxygen atoms in total. The van der Waals surface area contributed by atoms with Crippen molar-refractivity contribution < 1.29 is 114 Å². The van der Waals surface area contributed by atoms with Crippen molar-refractivity contribution in [3.8, 4) is 0 Å². The number of carboxylic acid groups (broad SMARTS) is 2. The third kappa shape index (κ3) is 12.1. The van der Waals surface area contributed by atoms with Gasteiger partial charge in [0.05, 0.1) is 13.2 Å². The van der Waals surface area contributed by atoms with Crippen LogP contribution in [0, 0.1) is 0 Å². The van der Waals surface area contributed by atoms with Crippen LogP contribution in [-0.2, 0) is 38.2 Å². The summed E-state index contributed by atoms with van der Waals surface area (Å²) in [6.45, 7) is 4.05. The van der Waals surface area contributed by atoms with Gasteiger partial charge in [-0.25, -0.2) is 4.79 Å². The Hall–Kier alpha value is -4.30. The Labute approximate surface area is 288 Å². The van der Waals surface area contributed by atoms with Crippen molar-refractivity contribution in [3.63, 3.8) is 0 Å². The molecular weight excluding hydrogens is 785 g/mol. The van der Waals surface area contributed by atoms with E-state index in [4.69, 9.17) is 15.0 Å². The van der Waals surface area contributed by atoms with E-state index in [-0.39, 0.29) is 14.9 Å². The second kappa shape index (κ2) is 17.2. The number of rotatable bonds is 4. The number of aliphatic carboxylic acids is 2. The van der Waals surface area contributed by atoms with Gasteiger partial charge in [-0.1, -0.05) is 28.0 Å². The Balaban J connectivity index is -0.000000782. The molecule has 0 spiro atoms. The van der Waals surface area contributed by atoms with Gasteiger partial charge in [0, 0.05) is 11.1 Å². The highest BCUT2D eigenvalue weighted by Gasteiger charge is 2.79. The molecule has 2 heterocycles. The van der Waals surface area contributed by atoms with Crippen molar-refractivity contribution >= 4 is 29.7 Å². The molecule has 2 fully saturated rings. The molecule has 0 unspecified atom stereocenters. The summed E-state index contributed by atoms with van der Waals surface area (Å²) in [5.41, 5.74) is -12.5. The van der Waals surface area contributed by atoms with Crippen LogP contribution in [-0.4, -0.2) is 124 Å². The summed E-state index contributed by atoms with van der Waals surface area (Å²) in [6, 6.07) is 0. The van der Waals surface area contributed by atoms with Gasteiger partial charge >= 0.3 is 60.2 Å². The molecule has 0 aromatic rings. The molecule has 0 atom stereocenters. The lowest BCUT2D eigenvalue weighted by atomic mass is 10.1. The Morgan fingerprint density at radius 2 is 0.925 bits per heavy atom. The maximum Gasteiger partial charge on any atom is 0.490 e. The first-order valence-corrected chi connectivity index (χ1v) is 12.6. The highest BCUT2D eigenvalue weighted by molar-refractivity contribution is 5.97. The molecule has 2 aliphatic rings. The predicted molar refractivity (Wildman–Crippen MR) is 144 cm³/mol. The van der Waals surface area contributed by atoms with E-state index in [9.17, 15) is 85.0 Å². The molecule has 53 heavy (non-hydrogen) atoms. The standard InChI is InChI=1S/C13H15F6NO4.C9H7F6NO4.C2HF3O2.2CH4/c1-7-6-23-11(12(14,15)16,13(17,18)19)20(9(7)22)5-8(21)24-10(2,3)4;1-4-3-20-7(8(10,11)12,9(13,14)15)16(6(4)19)2-5(17)18;3-2(4,5)1(6)7;;/h1,5-6H2,2-4H3;1-3H2,(H,17,18);(H,6,7);2*1H4. The zero-order valence-electron chi connectivity index (χ0n) is 25.5. The van der Waals surface area contributed by atoms with Gasteiger partial charge in [0.1, 0.15) is 18.7 Å². The van der Waals surface area contributed by atoms with Crippen molar-refractivity contribution in [1.82, 2.24) is 9.80 Å². The number of esters is 1. The number of carbonyl (C=O) groups is 5. The van der Waals surface area contributed by atoms with Crippen LogP contribution in [0.1, 0.15) is 35.6 Å². The Morgan fingerprint density at radius 3 is 1.13 bits per heavy atom. The van der Waals surface area contributed by atoms with Gasteiger partial charge in [-0.3, -0.25) is 29.0 Å². The summed E-state index contributed by atoms with van der Waals surface area (Å²) in [5.74, 6) is -9.75. The van der Waals surface area contributed by atoms with Crippen LogP contribution in [0.3, 0.4) is 0 Å². The molecule has 2 N–H and O–H groups in total. The normalized spacial score (nSPS) is 17.9. The third-order valence-corrected chi connectivity index (χ3v) is 5.55. The van der Waals surface area contributed by atoms with Gasteiger partial charge in [0.25, 0.3) is 11.8 Å². The summed E-state index contributed by atoms with van der Waals surface area (Å²) in [6.07, 6.45) is -29.3. The lowest BCUT2D eigenvalue weighted by Crippen LogP contribution is -2.73. The molecular formula is C26H31F15N2O10. The van der Waals surface area contributed by atoms with Crippen molar-refractivity contribution in [2.75, 3.05) is 26.3 Å². The van der Waals surface area contributed by atoms with E-state index in [1.54, 1.807) is 0 Å². The summed E-state index contributed by atoms with van der Waals surface area (Å²) in [4.78, 5) is 52.7. The number of ether oxygens (including phenoxy) is 3. The first kappa shape index (κ1) is 53.1. The largest absolute Gasteiger partial charge is 0.490 e. The molecule has 2 rings (SSSR count). The van der Waals surface area contributed by atoms with E-state index >= 15 is 0 Å². The minimum absolute atomic E-state index is 0. The van der Waals surface area contributed by atoms with Crippen LogP contribution in [0.25, 0.3) is 0 Å². The Kier molecular flexibility index (Phi) is 17.2. The molecule has 2 amide bonds. The molecule has 0 bridgehead atoms. The van der Waals surface area contributed by atoms with E-state index < -0.39 is 125 Å². The van der Waals surface area contributed by atoms with Crippen LogP contribution in [0.4, 0.5) is 65.9 Å². The highest BCUT2D eigenvalue weighted by atomic mass is 19.4. The smallest absolute Gasteiger partial charge is 0.480 e. The topological polar surface area (TPSA) is 160 Å². The second-order valence-corrected chi connectivity index (χ2v) is 10.6. The number of carbonyl (C=O) groups excluding carboxylic acids is 3. The van der Waals surface area contributed by atoms with Crippen LogP contribution < -0.4 is 0 Å². The Bertz CT molecular complexity index is 1350. The van der Waals surface area contributed by atoms with E-state index in [0.717, 1.165) is 0 Å². The number of nitrogens with zero attached hydrogens (tertiary/aromatic N) is 2. The first-order chi connectivity index (χ1) is 22.3. The zero-order valence-corrected chi connectivity index (χ0v) is 25.5. The third-order valence-electron chi connectivity index (χ3n) is 5.55.